The van der Waals surface area contributed by atoms with Crippen molar-refractivity contribution in [2.24, 2.45) is 11.8 Å². The van der Waals surface area contributed by atoms with E-state index in [0.717, 1.165) is 32.4 Å². The molecule has 6 heteroatoms. The first-order chi connectivity index (χ1) is 8.59. The van der Waals surface area contributed by atoms with Gasteiger partial charge in [-0.05, 0) is 37.6 Å². The maximum absolute atomic E-state index is 12.7. The van der Waals surface area contributed by atoms with Gasteiger partial charge in [0.2, 0.25) is 0 Å². The summed E-state index contributed by atoms with van der Waals surface area (Å²) in [6.45, 7) is 6.06. The molecule has 3 heterocycles. The molecule has 3 atom stereocenters. The maximum atomic E-state index is 12.7. The average Bonchev–Trinajstić information content (AvgIpc) is 2.90. The Morgan fingerprint density at radius 2 is 2.00 bits per heavy atom. The molecule has 3 rings (SSSR count). The van der Waals surface area contributed by atoms with Crippen molar-refractivity contribution in [2.45, 2.75) is 32.2 Å². The van der Waals surface area contributed by atoms with Crippen molar-refractivity contribution in [3.8, 4) is 0 Å². The van der Waals surface area contributed by atoms with E-state index in [1.165, 1.54) is 0 Å². The van der Waals surface area contributed by atoms with Crippen LogP contribution in [0.15, 0.2) is 0 Å². The lowest BCUT2D eigenvalue weighted by Crippen LogP contribution is -2.50. The summed E-state index contributed by atoms with van der Waals surface area (Å²) in [5, 5.41) is 3.31. The summed E-state index contributed by atoms with van der Waals surface area (Å²) in [4.78, 5) is 0. The Kier molecular flexibility index (Phi) is 3.38. The van der Waals surface area contributed by atoms with Gasteiger partial charge in [0.05, 0.1) is 0 Å². The van der Waals surface area contributed by atoms with Crippen LogP contribution in [0.2, 0.25) is 0 Å². The van der Waals surface area contributed by atoms with Crippen molar-refractivity contribution in [2.75, 3.05) is 32.7 Å². The van der Waals surface area contributed by atoms with Crippen LogP contribution in [-0.4, -0.2) is 55.8 Å². The van der Waals surface area contributed by atoms with E-state index in [9.17, 15) is 8.42 Å². The summed E-state index contributed by atoms with van der Waals surface area (Å²) in [5.41, 5.74) is 0. The van der Waals surface area contributed by atoms with Crippen LogP contribution in [0, 0.1) is 11.8 Å². The molecular weight excluding hydrogens is 250 g/mol. The fourth-order valence-electron chi connectivity index (χ4n) is 3.60. The molecule has 3 saturated heterocycles. The van der Waals surface area contributed by atoms with Crippen LogP contribution in [0.4, 0.5) is 0 Å². The van der Waals surface area contributed by atoms with Gasteiger partial charge in [-0.1, -0.05) is 6.92 Å². The van der Waals surface area contributed by atoms with Crippen molar-refractivity contribution >= 4 is 10.2 Å². The number of rotatable bonds is 2. The zero-order chi connectivity index (χ0) is 12.8. The Morgan fingerprint density at radius 1 is 1.17 bits per heavy atom. The molecule has 0 bridgehead atoms. The summed E-state index contributed by atoms with van der Waals surface area (Å²) in [7, 11) is -3.22. The number of nitrogens with one attached hydrogen (secondary N) is 1. The minimum Gasteiger partial charge on any atom is -0.315 e. The zero-order valence-electron chi connectivity index (χ0n) is 11.0. The molecule has 1 N–H and O–H groups in total. The Hall–Kier alpha value is -0.170. The van der Waals surface area contributed by atoms with Crippen LogP contribution in [0.25, 0.3) is 0 Å². The van der Waals surface area contributed by atoms with Crippen LogP contribution in [0.1, 0.15) is 26.2 Å². The Balaban J connectivity index is 1.77. The van der Waals surface area contributed by atoms with Crippen molar-refractivity contribution < 1.29 is 8.42 Å². The van der Waals surface area contributed by atoms with Crippen LogP contribution in [-0.2, 0) is 10.2 Å². The van der Waals surface area contributed by atoms with Gasteiger partial charge < -0.3 is 5.32 Å². The van der Waals surface area contributed by atoms with E-state index in [2.05, 4.69) is 12.2 Å². The van der Waals surface area contributed by atoms with Gasteiger partial charge in [0, 0.05) is 32.2 Å². The minimum atomic E-state index is -3.22. The van der Waals surface area contributed by atoms with Gasteiger partial charge in [-0.2, -0.15) is 17.0 Å². The Labute approximate surface area is 110 Å². The summed E-state index contributed by atoms with van der Waals surface area (Å²) in [6, 6.07) is 0.201. The first-order valence-electron chi connectivity index (χ1n) is 7.06. The van der Waals surface area contributed by atoms with Crippen molar-refractivity contribution in [3.05, 3.63) is 0 Å². The standard InChI is InChI=1S/C12H23N3O2S/c1-10-3-2-5-14(9-10)18(16,17)15-6-4-11-7-13-8-12(11)15/h10-13H,2-9H2,1H3/t10?,11-,12+/m0/s1. The van der Waals surface area contributed by atoms with Crippen molar-refractivity contribution in [3.63, 3.8) is 0 Å². The van der Waals surface area contributed by atoms with E-state index >= 15 is 0 Å². The Bertz CT molecular complexity index is 412. The number of fused-ring (bicyclic) bond motifs is 1. The first-order valence-corrected chi connectivity index (χ1v) is 8.46. The third kappa shape index (κ3) is 2.09. The van der Waals surface area contributed by atoms with E-state index in [1.807, 2.05) is 0 Å². The number of hydrogen-bond donors (Lipinski definition) is 1. The summed E-state index contributed by atoms with van der Waals surface area (Å²) >= 11 is 0. The molecule has 0 aromatic heterocycles. The van der Waals surface area contributed by atoms with Gasteiger partial charge >= 0.3 is 0 Å². The predicted octanol–water partition coefficient (Wildman–Crippen LogP) is 0.257. The summed E-state index contributed by atoms with van der Waals surface area (Å²) in [6.07, 6.45) is 3.17. The highest BCUT2D eigenvalue weighted by Crippen LogP contribution is 2.32. The third-order valence-corrected chi connectivity index (χ3v) is 6.67. The molecule has 0 aliphatic carbocycles. The molecule has 0 radical (unpaired) electrons. The highest BCUT2D eigenvalue weighted by Gasteiger charge is 2.45. The van der Waals surface area contributed by atoms with Crippen LogP contribution < -0.4 is 5.32 Å². The number of nitrogens with zero attached hydrogens (tertiary/aromatic N) is 2. The molecule has 0 amide bonds. The lowest BCUT2D eigenvalue weighted by molar-refractivity contribution is 0.253. The molecule has 18 heavy (non-hydrogen) atoms. The largest absolute Gasteiger partial charge is 0.315 e. The molecule has 0 saturated carbocycles. The Morgan fingerprint density at radius 3 is 2.78 bits per heavy atom. The van der Waals surface area contributed by atoms with Gasteiger partial charge in [0.15, 0.2) is 0 Å². The zero-order valence-corrected chi connectivity index (χ0v) is 11.8. The fourth-order valence-corrected chi connectivity index (χ4v) is 5.62. The second kappa shape index (κ2) is 4.74. The average molecular weight is 273 g/mol. The lowest BCUT2D eigenvalue weighted by atomic mass is 10.0. The molecule has 3 aliphatic rings. The lowest BCUT2D eigenvalue weighted by Gasteiger charge is -2.34. The van der Waals surface area contributed by atoms with Crippen molar-refractivity contribution in [1.29, 1.82) is 0 Å². The van der Waals surface area contributed by atoms with Gasteiger partial charge in [-0.25, -0.2) is 0 Å². The topological polar surface area (TPSA) is 52.7 Å². The van der Waals surface area contributed by atoms with Gasteiger partial charge in [-0.15, -0.1) is 0 Å². The van der Waals surface area contributed by atoms with E-state index in [0.29, 0.717) is 31.5 Å². The monoisotopic (exact) mass is 273 g/mol. The minimum absolute atomic E-state index is 0.201. The number of hydrogen-bond acceptors (Lipinski definition) is 3. The summed E-state index contributed by atoms with van der Waals surface area (Å²) < 4.78 is 28.9. The van der Waals surface area contributed by atoms with Crippen LogP contribution in [0.3, 0.4) is 0 Å². The summed E-state index contributed by atoms with van der Waals surface area (Å²) in [5.74, 6) is 1.02. The number of piperidine rings is 1. The quantitative estimate of drug-likeness (QED) is 0.785. The SMILES string of the molecule is CC1CCCN(S(=O)(=O)N2CC[C@H]3CNC[C@H]32)C1. The molecule has 104 valence electrons. The molecule has 0 spiro atoms. The predicted molar refractivity (Wildman–Crippen MR) is 70.4 cm³/mol. The van der Waals surface area contributed by atoms with Gasteiger partial charge in [0.1, 0.15) is 0 Å². The molecule has 0 aromatic rings. The van der Waals surface area contributed by atoms with E-state index in [4.69, 9.17) is 0 Å². The fraction of sp³-hybridized carbons (Fsp3) is 1.00. The molecule has 0 aromatic carbocycles. The van der Waals surface area contributed by atoms with Crippen molar-refractivity contribution in [1.82, 2.24) is 13.9 Å². The van der Waals surface area contributed by atoms with E-state index in [-0.39, 0.29) is 6.04 Å². The molecular formula is C12H23N3O2S. The first kappa shape index (κ1) is 12.8. The van der Waals surface area contributed by atoms with Gasteiger partial charge in [-0.3, -0.25) is 0 Å². The second-order valence-electron chi connectivity index (χ2n) is 6.00. The van der Waals surface area contributed by atoms with Crippen LogP contribution in [0.5, 0.6) is 0 Å². The molecule has 1 unspecified atom stereocenters. The van der Waals surface area contributed by atoms with Gasteiger partial charge in [0.25, 0.3) is 10.2 Å². The highest BCUT2D eigenvalue weighted by atomic mass is 32.2. The van der Waals surface area contributed by atoms with E-state index in [1.54, 1.807) is 8.61 Å². The molecule has 5 nitrogen and oxygen atoms in total. The molecule has 3 aliphatic heterocycles. The highest BCUT2D eigenvalue weighted by molar-refractivity contribution is 7.86. The second-order valence-corrected chi connectivity index (χ2v) is 7.88. The van der Waals surface area contributed by atoms with E-state index < -0.39 is 10.2 Å². The third-order valence-electron chi connectivity index (χ3n) is 4.64. The normalized spacial score (nSPS) is 39.1. The maximum Gasteiger partial charge on any atom is 0.282 e. The molecule has 3 fully saturated rings. The van der Waals surface area contributed by atoms with Crippen LogP contribution >= 0.6 is 0 Å². The smallest absolute Gasteiger partial charge is 0.282 e.